The van der Waals surface area contributed by atoms with Gasteiger partial charge in [0.1, 0.15) is 18.1 Å². The predicted molar refractivity (Wildman–Crippen MR) is 111 cm³/mol. The van der Waals surface area contributed by atoms with E-state index in [-0.39, 0.29) is 18.2 Å². The monoisotopic (exact) mass is 414 g/mol. The normalized spacial score (nSPS) is 15.0. The molecule has 3 rings (SSSR count). The van der Waals surface area contributed by atoms with Crippen LogP contribution in [-0.4, -0.2) is 35.1 Å². The van der Waals surface area contributed by atoms with Crippen LogP contribution in [0.15, 0.2) is 46.6 Å². The molecule has 0 atom stereocenters. The van der Waals surface area contributed by atoms with E-state index in [1.54, 1.807) is 38.4 Å². The van der Waals surface area contributed by atoms with Crippen molar-refractivity contribution in [1.29, 1.82) is 0 Å². The molecule has 2 aromatic rings. The van der Waals surface area contributed by atoms with E-state index in [0.29, 0.717) is 28.0 Å². The molecule has 1 aliphatic heterocycles. The number of hydrogen-bond donors (Lipinski definition) is 1. The van der Waals surface area contributed by atoms with E-state index in [2.05, 4.69) is 15.5 Å². The third-order valence-electron chi connectivity index (χ3n) is 4.01. The maximum Gasteiger partial charge on any atom is 0.272 e. The Kier molecular flexibility index (Phi) is 6.45. The number of ether oxygens (including phenoxy) is 2. The molecule has 2 aromatic carbocycles. The smallest absolute Gasteiger partial charge is 0.272 e. The Balaban J connectivity index is 1.71. The van der Waals surface area contributed by atoms with E-state index < -0.39 is 4.92 Å². The third-order valence-corrected chi connectivity index (χ3v) is 4.87. The minimum absolute atomic E-state index is 0.0476. The van der Waals surface area contributed by atoms with Crippen LogP contribution in [0.25, 0.3) is 0 Å². The molecule has 0 saturated carbocycles. The first-order chi connectivity index (χ1) is 14.0. The highest BCUT2D eigenvalue weighted by Crippen LogP contribution is 2.26. The molecule has 0 radical (unpaired) electrons. The van der Waals surface area contributed by atoms with Gasteiger partial charge in [0.05, 0.1) is 24.0 Å². The quantitative estimate of drug-likeness (QED) is 0.423. The van der Waals surface area contributed by atoms with Crippen LogP contribution < -0.4 is 14.8 Å². The number of nitro groups is 1. The molecule has 1 aliphatic rings. The van der Waals surface area contributed by atoms with Gasteiger partial charge in [-0.3, -0.25) is 14.9 Å². The minimum Gasteiger partial charge on any atom is -0.496 e. The number of nitrogens with zero attached hydrogens (tertiary/aromatic N) is 3. The molecule has 0 unspecified atom stereocenters. The Hall–Kier alpha value is -3.40. The largest absolute Gasteiger partial charge is 0.496 e. The van der Waals surface area contributed by atoms with Crippen LogP contribution in [0.1, 0.15) is 16.7 Å². The fourth-order valence-electron chi connectivity index (χ4n) is 2.60. The summed E-state index contributed by atoms with van der Waals surface area (Å²) in [4.78, 5) is 21.6. The summed E-state index contributed by atoms with van der Waals surface area (Å²) < 4.78 is 11.1. The minimum atomic E-state index is -0.427. The third kappa shape index (κ3) is 5.32. The molecule has 10 heteroatoms. The van der Waals surface area contributed by atoms with Gasteiger partial charge in [-0.1, -0.05) is 11.8 Å². The summed E-state index contributed by atoms with van der Waals surface area (Å²) in [5, 5.41) is 22.0. The summed E-state index contributed by atoms with van der Waals surface area (Å²) in [6.07, 6.45) is 1.57. The van der Waals surface area contributed by atoms with Gasteiger partial charge in [0.2, 0.25) is 5.91 Å². The summed E-state index contributed by atoms with van der Waals surface area (Å²) in [7, 11) is 1.56. The van der Waals surface area contributed by atoms with Crippen LogP contribution >= 0.6 is 11.8 Å². The molecule has 9 nitrogen and oxygen atoms in total. The number of rotatable bonds is 7. The summed E-state index contributed by atoms with van der Waals surface area (Å²) in [6, 6.07) is 10.1. The lowest BCUT2D eigenvalue weighted by atomic mass is 10.1. The van der Waals surface area contributed by atoms with Gasteiger partial charge in [0, 0.05) is 17.2 Å². The number of nitro benzene ring substituents is 1. The van der Waals surface area contributed by atoms with E-state index in [1.165, 1.54) is 17.8 Å². The summed E-state index contributed by atoms with van der Waals surface area (Å²) in [5.74, 6) is 1.43. The van der Waals surface area contributed by atoms with Crippen LogP contribution in [0.2, 0.25) is 0 Å². The van der Waals surface area contributed by atoms with Crippen molar-refractivity contribution in [1.82, 2.24) is 5.32 Å². The number of amides is 1. The molecule has 0 aliphatic carbocycles. The van der Waals surface area contributed by atoms with Crippen molar-refractivity contribution in [2.45, 2.75) is 13.5 Å². The second-order valence-electron chi connectivity index (χ2n) is 6.05. The van der Waals surface area contributed by atoms with E-state index >= 15 is 0 Å². The van der Waals surface area contributed by atoms with Crippen molar-refractivity contribution in [2.75, 3.05) is 12.9 Å². The molecule has 1 heterocycles. The summed E-state index contributed by atoms with van der Waals surface area (Å²) >= 11 is 1.30. The van der Waals surface area contributed by atoms with Crippen LogP contribution in [0.4, 0.5) is 5.69 Å². The molecule has 1 N–H and O–H groups in total. The Morgan fingerprint density at radius 3 is 2.79 bits per heavy atom. The van der Waals surface area contributed by atoms with Crippen molar-refractivity contribution < 1.29 is 19.2 Å². The Morgan fingerprint density at radius 2 is 2.14 bits per heavy atom. The maximum absolute atomic E-state index is 11.1. The van der Waals surface area contributed by atoms with Crippen molar-refractivity contribution >= 4 is 34.7 Å². The number of benzene rings is 2. The standard InChI is InChI=1S/C19H18N4O5S/c1-12-7-15(4-5-16(12)23(25)26)28-10-14-8-13(3-6-17(14)27-2)9-20-22-19-21-18(24)11-29-19/h3-9H,10-11H2,1-2H3,(H,21,22,24). The highest BCUT2D eigenvalue weighted by atomic mass is 32.2. The van der Waals surface area contributed by atoms with Gasteiger partial charge >= 0.3 is 0 Å². The van der Waals surface area contributed by atoms with Crippen molar-refractivity contribution in [3.8, 4) is 11.5 Å². The second-order valence-corrected chi connectivity index (χ2v) is 7.02. The maximum atomic E-state index is 11.1. The number of thioether (sulfide) groups is 1. The molecule has 1 fully saturated rings. The number of aryl methyl sites for hydroxylation is 1. The summed E-state index contributed by atoms with van der Waals surface area (Å²) in [5.41, 5.74) is 2.13. The van der Waals surface area contributed by atoms with E-state index in [9.17, 15) is 14.9 Å². The van der Waals surface area contributed by atoms with Crippen molar-refractivity contribution in [2.24, 2.45) is 10.2 Å². The zero-order valence-corrected chi connectivity index (χ0v) is 16.6. The van der Waals surface area contributed by atoms with E-state index in [1.807, 2.05) is 12.1 Å². The second kappa shape index (κ2) is 9.20. The first-order valence-corrected chi connectivity index (χ1v) is 9.53. The number of amidine groups is 1. The Morgan fingerprint density at radius 1 is 1.31 bits per heavy atom. The van der Waals surface area contributed by atoms with Crippen molar-refractivity contribution in [3.63, 3.8) is 0 Å². The highest BCUT2D eigenvalue weighted by Gasteiger charge is 2.16. The molecule has 0 bridgehead atoms. The molecule has 1 amide bonds. The lowest BCUT2D eigenvalue weighted by molar-refractivity contribution is -0.385. The highest BCUT2D eigenvalue weighted by molar-refractivity contribution is 8.15. The van der Waals surface area contributed by atoms with Gasteiger partial charge in [-0.2, -0.15) is 5.10 Å². The lowest BCUT2D eigenvalue weighted by Crippen LogP contribution is -2.19. The van der Waals surface area contributed by atoms with Crippen molar-refractivity contribution in [3.05, 3.63) is 63.2 Å². The van der Waals surface area contributed by atoms with Gasteiger partial charge < -0.3 is 14.8 Å². The molecular weight excluding hydrogens is 396 g/mol. The topological polar surface area (TPSA) is 115 Å². The zero-order valence-electron chi connectivity index (χ0n) is 15.7. The van der Waals surface area contributed by atoms with Gasteiger partial charge in [0.15, 0.2) is 5.17 Å². The van der Waals surface area contributed by atoms with Gasteiger partial charge in [-0.05, 0) is 42.8 Å². The van der Waals surface area contributed by atoms with Gasteiger partial charge in [-0.25, -0.2) is 0 Å². The average Bonchev–Trinajstić information content (AvgIpc) is 3.11. The number of methoxy groups -OCH3 is 1. The number of hydrogen-bond acceptors (Lipinski definition) is 8. The summed E-state index contributed by atoms with van der Waals surface area (Å²) in [6.45, 7) is 1.87. The van der Waals surface area contributed by atoms with Crippen LogP contribution in [0, 0.1) is 17.0 Å². The molecule has 0 spiro atoms. The van der Waals surface area contributed by atoms with Gasteiger partial charge in [0.25, 0.3) is 5.69 Å². The SMILES string of the molecule is COc1ccc(C=NN=C2NC(=O)CS2)cc1COc1ccc([N+](=O)[O-])c(C)c1. The van der Waals surface area contributed by atoms with E-state index in [4.69, 9.17) is 9.47 Å². The van der Waals surface area contributed by atoms with Crippen LogP contribution in [-0.2, 0) is 11.4 Å². The number of nitrogens with one attached hydrogen (secondary N) is 1. The number of carbonyl (C=O) groups excluding carboxylic acids is 1. The van der Waals surface area contributed by atoms with Crippen LogP contribution in [0.3, 0.4) is 0 Å². The number of carbonyl (C=O) groups is 1. The fourth-order valence-corrected chi connectivity index (χ4v) is 3.23. The van der Waals surface area contributed by atoms with E-state index in [0.717, 1.165) is 11.1 Å². The fraction of sp³-hybridized carbons (Fsp3) is 0.211. The Bertz CT molecular complexity index is 1010. The molecule has 29 heavy (non-hydrogen) atoms. The molecule has 0 aromatic heterocycles. The van der Waals surface area contributed by atoms with Crippen LogP contribution in [0.5, 0.6) is 11.5 Å². The molecule has 1 saturated heterocycles. The molecular formula is C19H18N4O5S. The Labute approximate surface area is 171 Å². The predicted octanol–water partition coefficient (Wildman–Crippen LogP) is 3.04. The van der Waals surface area contributed by atoms with Gasteiger partial charge in [-0.15, -0.1) is 5.10 Å². The first kappa shape index (κ1) is 20.3. The lowest BCUT2D eigenvalue weighted by Gasteiger charge is -2.11. The first-order valence-electron chi connectivity index (χ1n) is 8.54. The molecule has 150 valence electrons. The zero-order chi connectivity index (χ0) is 20.8. The average molecular weight is 414 g/mol.